The lowest BCUT2D eigenvalue weighted by Gasteiger charge is -2.22. The standard InChI is InChI=1S/C14H22N2O4/c1-7-9-11(17)19-13(3,4)15-16-14(5,6)20-12(18)10-8-2/h7-10H,1-6H3/b9-7+,10-8+,16-15?. The summed E-state index contributed by atoms with van der Waals surface area (Å²) in [4.78, 5) is 22.7. The summed E-state index contributed by atoms with van der Waals surface area (Å²) in [5, 5.41) is 7.82. The molecule has 112 valence electrons. The van der Waals surface area contributed by atoms with E-state index >= 15 is 0 Å². The van der Waals surface area contributed by atoms with Gasteiger partial charge in [-0.25, -0.2) is 9.59 Å². The molecule has 0 aliphatic heterocycles. The third-order valence-electron chi connectivity index (χ3n) is 1.84. The molecular formula is C14H22N2O4. The maximum absolute atomic E-state index is 11.3. The van der Waals surface area contributed by atoms with Gasteiger partial charge in [0.2, 0.25) is 11.4 Å². The maximum Gasteiger partial charge on any atom is 0.332 e. The summed E-state index contributed by atoms with van der Waals surface area (Å²) >= 11 is 0. The Morgan fingerprint density at radius 3 is 1.35 bits per heavy atom. The van der Waals surface area contributed by atoms with E-state index in [4.69, 9.17) is 9.47 Å². The molecule has 0 aromatic rings. The minimum atomic E-state index is -1.14. The molecule has 6 heteroatoms. The normalized spacial score (nSPS) is 13.3. The van der Waals surface area contributed by atoms with Crippen LogP contribution in [-0.2, 0) is 19.1 Å². The van der Waals surface area contributed by atoms with Gasteiger partial charge in [0.05, 0.1) is 0 Å². The van der Waals surface area contributed by atoms with Crippen molar-refractivity contribution in [2.75, 3.05) is 0 Å². The number of carbonyl (C=O) groups is 2. The van der Waals surface area contributed by atoms with Gasteiger partial charge in [-0.15, -0.1) is 10.2 Å². The van der Waals surface area contributed by atoms with Crippen LogP contribution in [0.5, 0.6) is 0 Å². The van der Waals surface area contributed by atoms with Crippen LogP contribution in [0, 0.1) is 0 Å². The summed E-state index contributed by atoms with van der Waals surface area (Å²) in [7, 11) is 0. The number of nitrogens with zero attached hydrogens (tertiary/aromatic N) is 2. The van der Waals surface area contributed by atoms with Gasteiger partial charge >= 0.3 is 11.9 Å². The molecule has 0 aliphatic rings. The van der Waals surface area contributed by atoms with Crippen molar-refractivity contribution in [2.45, 2.75) is 53.0 Å². The molecule has 0 radical (unpaired) electrons. The van der Waals surface area contributed by atoms with Gasteiger partial charge in [-0.2, -0.15) is 0 Å². The quantitative estimate of drug-likeness (QED) is 0.426. The van der Waals surface area contributed by atoms with Gasteiger partial charge in [-0.3, -0.25) is 0 Å². The third kappa shape index (κ3) is 8.18. The monoisotopic (exact) mass is 282 g/mol. The number of esters is 2. The van der Waals surface area contributed by atoms with Gasteiger partial charge < -0.3 is 9.47 Å². The van der Waals surface area contributed by atoms with Crippen molar-refractivity contribution in [1.82, 2.24) is 0 Å². The Morgan fingerprint density at radius 2 is 1.10 bits per heavy atom. The number of carbonyl (C=O) groups excluding carboxylic acids is 2. The zero-order chi connectivity index (χ0) is 15.8. The number of ether oxygens (including phenoxy) is 2. The van der Waals surface area contributed by atoms with Crippen LogP contribution in [0.15, 0.2) is 34.5 Å². The average Bonchev–Trinajstić information content (AvgIpc) is 2.26. The van der Waals surface area contributed by atoms with Crippen molar-refractivity contribution in [3.05, 3.63) is 24.3 Å². The zero-order valence-electron chi connectivity index (χ0n) is 12.8. The second-order valence-corrected chi connectivity index (χ2v) is 4.94. The lowest BCUT2D eigenvalue weighted by atomic mass is 10.3. The number of azo groups is 1. The van der Waals surface area contributed by atoms with Crippen LogP contribution in [0.25, 0.3) is 0 Å². The predicted octanol–water partition coefficient (Wildman–Crippen LogP) is 3.15. The smallest absolute Gasteiger partial charge is 0.332 e. The van der Waals surface area contributed by atoms with Crippen molar-refractivity contribution >= 4 is 11.9 Å². The molecule has 0 amide bonds. The minimum absolute atomic E-state index is 0.514. The van der Waals surface area contributed by atoms with Crippen molar-refractivity contribution in [1.29, 1.82) is 0 Å². The lowest BCUT2D eigenvalue weighted by molar-refractivity contribution is -0.154. The van der Waals surface area contributed by atoms with Crippen LogP contribution in [0.1, 0.15) is 41.5 Å². The van der Waals surface area contributed by atoms with E-state index in [-0.39, 0.29) is 0 Å². The molecule has 0 spiro atoms. The van der Waals surface area contributed by atoms with E-state index in [1.54, 1.807) is 53.7 Å². The molecule has 0 rings (SSSR count). The summed E-state index contributed by atoms with van der Waals surface area (Å²) in [5.74, 6) is -1.03. The minimum Gasteiger partial charge on any atom is -0.433 e. The molecule has 0 heterocycles. The first-order valence-electron chi connectivity index (χ1n) is 6.27. The zero-order valence-corrected chi connectivity index (χ0v) is 12.8. The highest BCUT2D eigenvalue weighted by Gasteiger charge is 2.25. The Hall–Kier alpha value is -1.98. The maximum atomic E-state index is 11.3. The highest BCUT2D eigenvalue weighted by atomic mass is 16.6. The number of rotatable bonds is 6. The van der Waals surface area contributed by atoms with E-state index in [1.807, 2.05) is 0 Å². The fourth-order valence-electron chi connectivity index (χ4n) is 1.11. The Balaban J connectivity index is 4.72. The molecule has 0 aromatic heterocycles. The van der Waals surface area contributed by atoms with Crippen molar-refractivity contribution < 1.29 is 19.1 Å². The van der Waals surface area contributed by atoms with Crippen LogP contribution in [0.3, 0.4) is 0 Å². The van der Waals surface area contributed by atoms with E-state index < -0.39 is 23.4 Å². The van der Waals surface area contributed by atoms with Crippen molar-refractivity contribution in [3.63, 3.8) is 0 Å². The third-order valence-corrected chi connectivity index (χ3v) is 1.84. The molecule has 0 unspecified atom stereocenters. The predicted molar refractivity (Wildman–Crippen MR) is 74.8 cm³/mol. The molecule has 0 saturated heterocycles. The Morgan fingerprint density at radius 1 is 0.800 bits per heavy atom. The molecule has 6 nitrogen and oxygen atoms in total. The lowest BCUT2D eigenvalue weighted by Crippen LogP contribution is -2.28. The van der Waals surface area contributed by atoms with Gasteiger partial charge in [0.25, 0.3) is 0 Å². The summed E-state index contributed by atoms with van der Waals surface area (Å²) in [6, 6.07) is 0. The largest absolute Gasteiger partial charge is 0.433 e. The van der Waals surface area contributed by atoms with Crippen LogP contribution in [-0.4, -0.2) is 23.4 Å². The molecule has 20 heavy (non-hydrogen) atoms. The Labute approximate surface area is 119 Å². The molecule has 0 bridgehead atoms. The number of hydrogen-bond acceptors (Lipinski definition) is 6. The average molecular weight is 282 g/mol. The fourth-order valence-corrected chi connectivity index (χ4v) is 1.11. The van der Waals surface area contributed by atoms with E-state index in [0.29, 0.717) is 0 Å². The van der Waals surface area contributed by atoms with Gasteiger partial charge in [-0.05, 0) is 41.5 Å². The molecule has 0 aromatic carbocycles. The fraction of sp³-hybridized carbons (Fsp3) is 0.571. The van der Waals surface area contributed by atoms with Gasteiger partial charge in [0, 0.05) is 12.2 Å². The first-order chi connectivity index (χ1) is 9.12. The second kappa shape index (κ2) is 7.57. The SMILES string of the molecule is C/C=C/C(=O)OC(C)(C)N=NC(C)(C)OC(=O)/C=C/C. The number of hydrogen-bond donors (Lipinski definition) is 0. The van der Waals surface area contributed by atoms with E-state index in [1.165, 1.54) is 12.2 Å². The molecule has 0 atom stereocenters. The molecule has 0 N–H and O–H groups in total. The summed E-state index contributed by atoms with van der Waals surface area (Å²) < 4.78 is 10.2. The van der Waals surface area contributed by atoms with Crippen LogP contribution < -0.4 is 0 Å². The van der Waals surface area contributed by atoms with Crippen molar-refractivity contribution in [2.24, 2.45) is 10.2 Å². The number of allylic oxidation sites excluding steroid dienone is 2. The molecule has 0 fully saturated rings. The Bertz CT molecular complexity index is 394. The summed E-state index contributed by atoms with van der Waals surface area (Å²) in [5.41, 5.74) is -2.28. The highest BCUT2D eigenvalue weighted by molar-refractivity contribution is 5.82. The van der Waals surface area contributed by atoms with Crippen LogP contribution in [0.4, 0.5) is 0 Å². The van der Waals surface area contributed by atoms with Gasteiger partial charge in [-0.1, -0.05) is 12.2 Å². The van der Waals surface area contributed by atoms with E-state index in [0.717, 1.165) is 0 Å². The topological polar surface area (TPSA) is 77.3 Å². The van der Waals surface area contributed by atoms with E-state index in [2.05, 4.69) is 10.2 Å². The first-order valence-corrected chi connectivity index (χ1v) is 6.27. The Kier molecular flexibility index (Phi) is 6.82. The highest BCUT2D eigenvalue weighted by Crippen LogP contribution is 2.18. The summed E-state index contributed by atoms with van der Waals surface area (Å²) in [6.07, 6.45) is 5.71. The van der Waals surface area contributed by atoms with Crippen LogP contribution >= 0.6 is 0 Å². The van der Waals surface area contributed by atoms with Gasteiger partial charge in [0.15, 0.2) is 0 Å². The van der Waals surface area contributed by atoms with Gasteiger partial charge in [0.1, 0.15) is 0 Å². The van der Waals surface area contributed by atoms with E-state index in [9.17, 15) is 9.59 Å². The van der Waals surface area contributed by atoms with Crippen LogP contribution in [0.2, 0.25) is 0 Å². The molecule has 0 aliphatic carbocycles. The summed E-state index contributed by atoms with van der Waals surface area (Å²) in [6.45, 7) is 9.76. The second-order valence-electron chi connectivity index (χ2n) is 4.94. The molecular weight excluding hydrogens is 260 g/mol. The molecule has 0 saturated carbocycles. The van der Waals surface area contributed by atoms with Crippen molar-refractivity contribution in [3.8, 4) is 0 Å². The first kappa shape index (κ1) is 18.0.